The van der Waals surface area contributed by atoms with Gasteiger partial charge in [-0.05, 0) is 22.3 Å². The van der Waals surface area contributed by atoms with E-state index in [1.807, 2.05) is 97.1 Å². The van der Waals surface area contributed by atoms with Crippen LogP contribution in [0, 0.1) is 0 Å². The first-order valence-corrected chi connectivity index (χ1v) is 10.5. The minimum absolute atomic E-state index is 0.662. The quantitative estimate of drug-likeness (QED) is 0.221. The lowest BCUT2D eigenvalue weighted by Gasteiger charge is -2.19. The summed E-state index contributed by atoms with van der Waals surface area (Å²) >= 11 is 14.1. The maximum absolute atomic E-state index is 7.07. The summed E-state index contributed by atoms with van der Waals surface area (Å²) in [6.07, 6.45) is 0. The van der Waals surface area contributed by atoms with Crippen LogP contribution in [-0.2, 0) is 0 Å². The van der Waals surface area contributed by atoms with Crippen molar-refractivity contribution in [3.8, 4) is 0 Å². The maximum Gasteiger partial charge on any atom is 0.0563 e. The molecule has 0 nitrogen and oxygen atoms in total. The zero-order valence-corrected chi connectivity index (χ0v) is 17.8. The Labute approximate surface area is 187 Å². The molecular formula is C28H20Cl2. The summed E-state index contributed by atoms with van der Waals surface area (Å²) in [5.74, 6) is 0. The second kappa shape index (κ2) is 9.63. The third-order valence-electron chi connectivity index (χ3n) is 4.87. The molecule has 0 amide bonds. The van der Waals surface area contributed by atoms with Crippen LogP contribution in [0.3, 0.4) is 0 Å². The summed E-state index contributed by atoms with van der Waals surface area (Å²) in [7, 11) is 0. The van der Waals surface area contributed by atoms with Crippen LogP contribution < -0.4 is 0 Å². The van der Waals surface area contributed by atoms with Gasteiger partial charge in [-0.15, -0.1) is 0 Å². The second-order valence-corrected chi connectivity index (χ2v) is 7.60. The highest BCUT2D eigenvalue weighted by Gasteiger charge is 2.20. The van der Waals surface area contributed by atoms with E-state index in [1.54, 1.807) is 0 Å². The zero-order chi connectivity index (χ0) is 20.8. The van der Waals surface area contributed by atoms with Gasteiger partial charge in [-0.2, -0.15) is 0 Å². The van der Waals surface area contributed by atoms with Gasteiger partial charge in [-0.3, -0.25) is 0 Å². The van der Waals surface area contributed by atoms with Crippen LogP contribution in [0.25, 0.3) is 21.2 Å². The number of hydrogen-bond acceptors (Lipinski definition) is 0. The van der Waals surface area contributed by atoms with Crippen LogP contribution in [0.1, 0.15) is 22.3 Å². The number of allylic oxidation sites excluding steroid dienone is 2. The fourth-order valence-corrected chi connectivity index (χ4v) is 4.09. The first-order valence-electron chi connectivity index (χ1n) is 9.77. The van der Waals surface area contributed by atoms with Gasteiger partial charge in [0.25, 0.3) is 0 Å². The Morgan fingerprint density at radius 3 is 0.833 bits per heavy atom. The van der Waals surface area contributed by atoms with Crippen LogP contribution in [0.5, 0.6) is 0 Å². The lowest BCUT2D eigenvalue weighted by Crippen LogP contribution is -1.96. The van der Waals surface area contributed by atoms with E-state index >= 15 is 0 Å². The van der Waals surface area contributed by atoms with Gasteiger partial charge in [-0.1, -0.05) is 145 Å². The Morgan fingerprint density at radius 1 is 0.333 bits per heavy atom. The minimum atomic E-state index is 0.662. The fourth-order valence-electron chi connectivity index (χ4n) is 3.43. The van der Waals surface area contributed by atoms with Crippen LogP contribution in [-0.4, -0.2) is 0 Å². The van der Waals surface area contributed by atoms with Crippen molar-refractivity contribution in [2.45, 2.75) is 0 Å². The van der Waals surface area contributed by atoms with Gasteiger partial charge in [0.2, 0.25) is 0 Å². The van der Waals surface area contributed by atoms with Gasteiger partial charge in [-0.25, -0.2) is 0 Å². The average Bonchev–Trinajstić information content (AvgIpc) is 2.84. The fraction of sp³-hybridized carbons (Fsp3) is 0. The molecule has 0 N–H and O–H groups in total. The molecule has 0 radical (unpaired) electrons. The monoisotopic (exact) mass is 426 g/mol. The predicted molar refractivity (Wildman–Crippen MR) is 131 cm³/mol. The highest BCUT2D eigenvalue weighted by atomic mass is 35.5. The van der Waals surface area contributed by atoms with Crippen LogP contribution in [0.2, 0.25) is 0 Å². The lowest BCUT2D eigenvalue weighted by atomic mass is 9.89. The summed E-state index contributed by atoms with van der Waals surface area (Å²) in [6, 6.07) is 40.4. The Balaban J connectivity index is 2.07. The van der Waals surface area contributed by atoms with Crippen molar-refractivity contribution in [3.63, 3.8) is 0 Å². The molecule has 0 spiro atoms. The Kier molecular flexibility index (Phi) is 6.49. The van der Waals surface area contributed by atoms with E-state index < -0.39 is 0 Å². The third-order valence-corrected chi connectivity index (χ3v) is 5.68. The molecule has 4 rings (SSSR count). The van der Waals surface area contributed by atoms with Crippen molar-refractivity contribution in [3.05, 3.63) is 144 Å². The second-order valence-electron chi connectivity index (χ2n) is 6.84. The standard InChI is InChI=1S/C28H20Cl2/c29-27(23-17-9-3-10-18-23)25(21-13-5-1-6-14-21)26(22-15-7-2-8-16-22)28(30)24-19-11-4-12-20-24/h1-20H. The molecule has 0 saturated carbocycles. The molecule has 0 aromatic heterocycles. The molecule has 4 aromatic rings. The molecule has 30 heavy (non-hydrogen) atoms. The Morgan fingerprint density at radius 2 is 0.567 bits per heavy atom. The third kappa shape index (κ3) is 4.41. The summed E-state index contributed by atoms with van der Waals surface area (Å²) < 4.78 is 0. The summed E-state index contributed by atoms with van der Waals surface area (Å²) in [5.41, 5.74) is 5.73. The topological polar surface area (TPSA) is 0 Å². The van der Waals surface area contributed by atoms with E-state index in [9.17, 15) is 0 Å². The van der Waals surface area contributed by atoms with E-state index in [1.165, 1.54) is 0 Å². The van der Waals surface area contributed by atoms with E-state index in [-0.39, 0.29) is 0 Å². The van der Waals surface area contributed by atoms with E-state index in [4.69, 9.17) is 23.2 Å². The first kappa shape index (κ1) is 20.2. The predicted octanol–water partition coefficient (Wildman–Crippen LogP) is 8.60. The Bertz CT molecular complexity index is 1060. The molecule has 0 unspecified atom stereocenters. The summed E-state index contributed by atoms with van der Waals surface area (Å²) in [4.78, 5) is 0. The van der Waals surface area contributed by atoms with E-state index in [2.05, 4.69) is 24.3 Å². The van der Waals surface area contributed by atoms with Crippen molar-refractivity contribution in [1.82, 2.24) is 0 Å². The van der Waals surface area contributed by atoms with Gasteiger partial charge in [0.15, 0.2) is 0 Å². The molecule has 2 heteroatoms. The summed E-state index contributed by atoms with van der Waals surface area (Å²) in [6.45, 7) is 0. The molecule has 0 fully saturated rings. The molecule has 0 aliphatic carbocycles. The minimum Gasteiger partial charge on any atom is -0.0830 e. The molecule has 0 aliphatic rings. The largest absolute Gasteiger partial charge is 0.0830 e. The van der Waals surface area contributed by atoms with Gasteiger partial charge in [0.05, 0.1) is 10.1 Å². The van der Waals surface area contributed by atoms with Crippen molar-refractivity contribution in [1.29, 1.82) is 0 Å². The van der Waals surface area contributed by atoms with E-state index in [0.29, 0.717) is 10.1 Å². The van der Waals surface area contributed by atoms with Gasteiger partial charge in [0.1, 0.15) is 0 Å². The van der Waals surface area contributed by atoms with Crippen molar-refractivity contribution < 1.29 is 0 Å². The van der Waals surface area contributed by atoms with Crippen LogP contribution in [0.15, 0.2) is 121 Å². The number of rotatable bonds is 5. The summed E-state index contributed by atoms with van der Waals surface area (Å²) in [5, 5.41) is 1.32. The number of hydrogen-bond donors (Lipinski definition) is 0. The molecule has 4 aromatic carbocycles. The SMILES string of the molecule is ClC(=C(C(=C(Cl)c1ccccc1)c1ccccc1)c1ccccc1)c1ccccc1. The molecule has 0 saturated heterocycles. The van der Waals surface area contributed by atoms with Crippen molar-refractivity contribution in [2.24, 2.45) is 0 Å². The molecule has 0 atom stereocenters. The molecule has 146 valence electrons. The average molecular weight is 427 g/mol. The molecule has 0 heterocycles. The van der Waals surface area contributed by atoms with Crippen molar-refractivity contribution in [2.75, 3.05) is 0 Å². The zero-order valence-electron chi connectivity index (χ0n) is 16.3. The van der Waals surface area contributed by atoms with Gasteiger partial charge >= 0.3 is 0 Å². The number of benzene rings is 4. The normalized spacial score (nSPS) is 12.7. The number of halogens is 2. The highest BCUT2D eigenvalue weighted by molar-refractivity contribution is 6.60. The smallest absolute Gasteiger partial charge is 0.0563 e. The Hall–Kier alpha value is -3.06. The highest BCUT2D eigenvalue weighted by Crippen LogP contribution is 2.44. The molecule has 0 bridgehead atoms. The van der Waals surface area contributed by atoms with Gasteiger partial charge in [0, 0.05) is 11.1 Å². The van der Waals surface area contributed by atoms with Gasteiger partial charge < -0.3 is 0 Å². The van der Waals surface area contributed by atoms with Crippen molar-refractivity contribution >= 4 is 44.4 Å². The molecular weight excluding hydrogens is 407 g/mol. The lowest BCUT2D eigenvalue weighted by molar-refractivity contribution is 1.57. The van der Waals surface area contributed by atoms with Crippen LogP contribution >= 0.6 is 23.2 Å². The first-order chi connectivity index (χ1) is 14.8. The maximum atomic E-state index is 7.07. The van der Waals surface area contributed by atoms with E-state index in [0.717, 1.165) is 33.4 Å². The van der Waals surface area contributed by atoms with Crippen LogP contribution in [0.4, 0.5) is 0 Å². The molecule has 0 aliphatic heterocycles.